The summed E-state index contributed by atoms with van der Waals surface area (Å²) in [6.07, 6.45) is 1.00. The van der Waals surface area contributed by atoms with Crippen molar-refractivity contribution in [1.29, 1.82) is 0 Å². The van der Waals surface area contributed by atoms with Crippen LogP contribution in [0.25, 0.3) is 0 Å². The van der Waals surface area contributed by atoms with E-state index in [1.165, 1.54) is 15.5 Å². The van der Waals surface area contributed by atoms with Crippen molar-refractivity contribution in [3.63, 3.8) is 0 Å². The van der Waals surface area contributed by atoms with E-state index in [-0.39, 0.29) is 59.8 Å². The summed E-state index contributed by atoms with van der Waals surface area (Å²) in [5.74, 6) is 0.722. The average molecular weight is 994 g/mol. The Hall–Kier alpha value is -0.380. The van der Waals surface area contributed by atoms with E-state index in [0.717, 1.165) is 12.3 Å². The van der Waals surface area contributed by atoms with Crippen LogP contribution in [0.4, 0.5) is 0 Å². The standard InChI is InChI=1S/C11H27NO6P2.C6H15O3P.C3H7ClN.C3H7NO.C2Cl2O2.C2H5Cl.CO2.CO.2CH4.ClH/c1-7-15-19(13,16-8-2)11(12(5)6)20(14,17-9-3)18-10-4;1-4-7-10(8-5-2)9-6-3;1-5(2)3-4;1-4(2)3-5;3-1(5)2(4)6;1-2-3;2-1-3;1-2;;;/h11H,7-10H2,1-6H3;4-6H2,1-3H3;2*3H,1-2H3;;2H2,1H3;;;2*1H4;1H/q;;+1;;;;;;;;/p-1. The Labute approximate surface area is 370 Å². The summed E-state index contributed by atoms with van der Waals surface area (Å²) in [6, 6.07) is 0. The molecule has 0 heterocycles. The van der Waals surface area contributed by atoms with E-state index in [1.54, 1.807) is 60.5 Å². The molecule has 348 valence electrons. The van der Waals surface area contributed by atoms with Gasteiger partial charge in [-0.05, 0) is 97.4 Å². The van der Waals surface area contributed by atoms with Crippen molar-refractivity contribution in [2.75, 3.05) is 94.4 Å². The molecule has 18 nitrogen and oxygen atoms in total. The first-order valence-corrected chi connectivity index (χ1v) is 21.7. The molecule has 1 amide bonds. The summed E-state index contributed by atoms with van der Waals surface area (Å²) in [5, 5.41) is -2.28. The molecule has 0 unspecified atom stereocenters. The molecular formula is C31H69Cl5N3O15P3. The topological polar surface area (TPSA) is 213 Å². The monoisotopic (exact) mass is 991 g/mol. The second-order valence-corrected chi connectivity index (χ2v) is 15.8. The molecule has 0 aliphatic rings. The number of alkyl halides is 1. The Bertz CT molecular complexity index is 968. The molecule has 0 aliphatic heterocycles. The van der Waals surface area contributed by atoms with Crippen LogP contribution in [0.1, 0.15) is 70.2 Å². The van der Waals surface area contributed by atoms with E-state index in [4.69, 9.17) is 69.1 Å². The zero-order valence-electron chi connectivity index (χ0n) is 34.1. The van der Waals surface area contributed by atoms with Gasteiger partial charge in [-0.15, -0.1) is 11.6 Å². The molecule has 0 N–H and O–H groups in total. The van der Waals surface area contributed by atoms with Crippen molar-refractivity contribution >= 4 is 98.9 Å². The minimum atomic E-state index is -3.65. The summed E-state index contributed by atoms with van der Waals surface area (Å²) >= 11 is 19.1. The molecule has 57 heavy (non-hydrogen) atoms. The number of carbonyl (C=O) groups excluding carboxylic acids is 5. The first-order valence-electron chi connectivity index (χ1n) is 15.7. The fourth-order valence-corrected chi connectivity index (χ4v) is 8.52. The van der Waals surface area contributed by atoms with Gasteiger partial charge in [0.25, 0.3) is 0 Å². The molecule has 26 heteroatoms. The molecule has 0 aromatic carbocycles. The van der Waals surface area contributed by atoms with Crippen molar-refractivity contribution in [3.05, 3.63) is 6.65 Å². The number of hydrogen-bond donors (Lipinski definition) is 0. The third-order valence-electron chi connectivity index (χ3n) is 3.53. The molecule has 0 fully saturated rings. The fraction of sp³-hybridized carbons (Fsp3) is 0.806. The largest absolute Gasteiger partial charge is 1.00 e. The molecular weight excluding hydrogens is 925 g/mol. The van der Waals surface area contributed by atoms with Crippen molar-refractivity contribution in [2.24, 2.45) is 0 Å². The predicted octanol–water partition coefficient (Wildman–Crippen LogP) is 5.33. The third kappa shape index (κ3) is 67.6. The van der Waals surface area contributed by atoms with E-state index >= 15 is 0 Å². The van der Waals surface area contributed by atoms with Crippen LogP contribution >= 0.6 is 70.2 Å². The smallest absolute Gasteiger partial charge is 1.00 e. The van der Waals surface area contributed by atoms with Crippen LogP contribution in [0.3, 0.4) is 0 Å². The maximum absolute atomic E-state index is 12.9. The first kappa shape index (κ1) is 84.2. The Morgan fingerprint density at radius 3 is 1.02 bits per heavy atom. The minimum absolute atomic E-state index is 0. The Morgan fingerprint density at radius 2 is 0.930 bits per heavy atom. The van der Waals surface area contributed by atoms with Crippen LogP contribution < -0.4 is 12.4 Å². The van der Waals surface area contributed by atoms with Gasteiger partial charge in [-0.2, -0.15) is 9.59 Å². The van der Waals surface area contributed by atoms with Gasteiger partial charge in [0, 0.05) is 20.0 Å². The molecule has 0 aromatic heterocycles. The van der Waals surface area contributed by atoms with Crippen LogP contribution in [0.5, 0.6) is 0 Å². The Balaban J connectivity index is -0.0000000536. The maximum Gasteiger partial charge on any atom is -1.00 e. The second kappa shape index (κ2) is 64.8. The van der Waals surface area contributed by atoms with Crippen molar-refractivity contribution in [2.45, 2.75) is 75.8 Å². The summed E-state index contributed by atoms with van der Waals surface area (Å²) in [6.45, 7) is 21.6. The van der Waals surface area contributed by atoms with Crippen LogP contribution in [-0.4, -0.2) is 143 Å². The number of halogens is 5. The van der Waals surface area contributed by atoms with E-state index in [1.807, 2.05) is 41.8 Å². The van der Waals surface area contributed by atoms with Crippen molar-refractivity contribution < 1.29 is 86.4 Å². The Kier molecular flexibility index (Phi) is 95.6. The molecule has 0 saturated heterocycles. The minimum Gasteiger partial charge on any atom is -1.00 e. The number of amides is 1. The average Bonchev–Trinajstić information content (AvgIpc) is 3.08. The van der Waals surface area contributed by atoms with E-state index in [9.17, 15) is 23.5 Å². The molecule has 0 saturated carbocycles. The van der Waals surface area contributed by atoms with Crippen LogP contribution in [-0.2, 0) is 69.4 Å². The van der Waals surface area contributed by atoms with Crippen LogP contribution in [0.15, 0.2) is 0 Å². The zero-order valence-corrected chi connectivity index (χ0v) is 40.5. The second-order valence-electron chi connectivity index (χ2n) is 8.57. The number of hydrogen-bond acceptors (Lipinski definition) is 15. The molecule has 0 bridgehead atoms. The van der Waals surface area contributed by atoms with Gasteiger partial charge in [-0.1, -0.05) is 21.8 Å². The van der Waals surface area contributed by atoms with Gasteiger partial charge >= 0.3 is 51.7 Å². The van der Waals surface area contributed by atoms with Crippen LogP contribution in [0, 0.1) is 6.65 Å². The van der Waals surface area contributed by atoms with E-state index in [0.29, 0.717) is 19.8 Å². The number of carbonyl (C=O) groups is 3. The normalized spacial score (nSPS) is 9.11. The quantitative estimate of drug-likeness (QED) is 0.0184. The van der Waals surface area contributed by atoms with Crippen molar-refractivity contribution in [1.82, 2.24) is 9.80 Å². The van der Waals surface area contributed by atoms with Gasteiger partial charge in [0.15, 0.2) is 0 Å². The van der Waals surface area contributed by atoms with Crippen LogP contribution in [0.2, 0.25) is 0 Å². The summed E-state index contributed by atoms with van der Waals surface area (Å²) in [4.78, 5) is 47.5. The summed E-state index contributed by atoms with van der Waals surface area (Å²) in [5.41, 5.74) is 0.384. The van der Waals surface area contributed by atoms with E-state index in [2.05, 4.69) is 29.9 Å². The number of rotatable bonds is 19. The van der Waals surface area contributed by atoms with Gasteiger partial charge in [-0.3, -0.25) is 28.4 Å². The van der Waals surface area contributed by atoms with Gasteiger partial charge in [0.1, 0.15) is 14.1 Å². The maximum atomic E-state index is 12.9. The molecule has 0 atom stereocenters. The predicted molar refractivity (Wildman–Crippen MR) is 225 cm³/mol. The third-order valence-corrected chi connectivity index (χ3v) is 12.0. The Morgan fingerprint density at radius 1 is 0.737 bits per heavy atom. The van der Waals surface area contributed by atoms with Crippen molar-refractivity contribution in [3.8, 4) is 0 Å². The molecule has 0 rings (SSSR count). The first-order chi connectivity index (χ1) is 25.2. The summed E-state index contributed by atoms with van der Waals surface area (Å²) < 4.78 is 71.7. The molecule has 0 spiro atoms. The van der Waals surface area contributed by atoms with E-state index < -0.39 is 39.8 Å². The van der Waals surface area contributed by atoms with Gasteiger partial charge in [0.2, 0.25) is 17.6 Å². The van der Waals surface area contributed by atoms with Gasteiger partial charge in [-0.25, -0.2) is 4.58 Å². The van der Waals surface area contributed by atoms with Gasteiger partial charge < -0.3 is 49.0 Å². The molecule has 0 aromatic rings. The van der Waals surface area contributed by atoms with Gasteiger partial charge in [0.05, 0.1) is 46.2 Å². The fourth-order valence-electron chi connectivity index (χ4n) is 2.23. The molecule has 0 aliphatic carbocycles. The number of nitrogens with zero attached hydrogens (tertiary/aromatic N) is 3. The zero-order chi connectivity index (χ0) is 44.8. The summed E-state index contributed by atoms with van der Waals surface area (Å²) in [7, 11) is 2.02. The molecule has 0 radical (unpaired) electrons. The SMILES string of the molecule is C.C.CCCl.CCOP(=O)(OCC)C(N(C)C)P(=O)(OCC)OCC.CCOP(OCC)OCC.CN(C)C=O.C[N+](C)=CCl.O=C(Cl)C(=O)Cl.O=C=O.[C-]#[O+].[Cl-].